The van der Waals surface area contributed by atoms with Gasteiger partial charge in [-0.1, -0.05) is 29.8 Å². The Kier molecular flexibility index (Phi) is 6.29. The maximum absolute atomic E-state index is 12.0. The Morgan fingerprint density at radius 1 is 1.09 bits per heavy atom. The fourth-order valence-electron chi connectivity index (χ4n) is 2.13. The molecule has 2 aromatic rings. The quantitative estimate of drug-likeness (QED) is 0.833. The molecular formula is C18H20ClNO3. The lowest BCUT2D eigenvalue weighted by molar-refractivity contribution is -0.123. The molecule has 1 N–H and O–H groups in total. The van der Waals surface area contributed by atoms with Crippen molar-refractivity contribution < 1.29 is 14.3 Å². The second kappa shape index (κ2) is 8.44. The number of nitrogens with one attached hydrogen (secondary N) is 1. The van der Waals surface area contributed by atoms with Crippen molar-refractivity contribution in [3.05, 3.63) is 59.1 Å². The van der Waals surface area contributed by atoms with Crippen molar-refractivity contribution in [3.8, 4) is 11.5 Å². The second-order valence-electron chi connectivity index (χ2n) is 5.00. The standard InChI is InChI=1S/C18H20ClNO3/c1-3-22-14-8-10-15(11-9-14)23-12-18(21)20-13(2)16-6-4-5-7-17(16)19/h4-11,13H,3,12H2,1-2H3,(H,20,21). The molecule has 0 heterocycles. The number of benzene rings is 2. The van der Waals surface area contributed by atoms with Gasteiger partial charge in [0, 0.05) is 5.02 Å². The predicted molar refractivity (Wildman–Crippen MR) is 91.1 cm³/mol. The summed E-state index contributed by atoms with van der Waals surface area (Å²) in [6.45, 7) is 4.37. The van der Waals surface area contributed by atoms with Crippen LogP contribution in [-0.2, 0) is 4.79 Å². The van der Waals surface area contributed by atoms with Crippen molar-refractivity contribution in [3.63, 3.8) is 0 Å². The van der Waals surface area contributed by atoms with Crippen LogP contribution in [0.4, 0.5) is 0 Å². The van der Waals surface area contributed by atoms with Crippen LogP contribution < -0.4 is 14.8 Å². The number of ether oxygens (including phenoxy) is 2. The van der Waals surface area contributed by atoms with Crippen LogP contribution in [0.15, 0.2) is 48.5 Å². The lowest BCUT2D eigenvalue weighted by Gasteiger charge is -2.16. The zero-order valence-corrected chi connectivity index (χ0v) is 14.0. The Bertz CT molecular complexity index is 643. The molecule has 0 spiro atoms. The minimum Gasteiger partial charge on any atom is -0.494 e. The Hall–Kier alpha value is -2.20. The highest BCUT2D eigenvalue weighted by Crippen LogP contribution is 2.22. The summed E-state index contributed by atoms with van der Waals surface area (Å²) in [5, 5.41) is 3.50. The van der Waals surface area contributed by atoms with Crippen LogP contribution >= 0.6 is 11.6 Å². The third kappa shape index (κ3) is 5.18. The lowest BCUT2D eigenvalue weighted by atomic mass is 10.1. The summed E-state index contributed by atoms with van der Waals surface area (Å²) in [6, 6.07) is 14.4. The van der Waals surface area contributed by atoms with Gasteiger partial charge in [0.25, 0.3) is 5.91 Å². The van der Waals surface area contributed by atoms with Gasteiger partial charge in [-0.2, -0.15) is 0 Å². The molecule has 0 aliphatic rings. The molecule has 0 saturated heterocycles. The summed E-state index contributed by atoms with van der Waals surface area (Å²) in [5.41, 5.74) is 0.878. The predicted octanol–water partition coefficient (Wildman–Crippen LogP) is 3.99. The van der Waals surface area contributed by atoms with Gasteiger partial charge in [-0.05, 0) is 49.7 Å². The monoisotopic (exact) mass is 333 g/mol. The van der Waals surface area contributed by atoms with Crippen LogP contribution in [0.25, 0.3) is 0 Å². The first kappa shape index (κ1) is 17.2. The number of hydrogen-bond acceptors (Lipinski definition) is 3. The van der Waals surface area contributed by atoms with Crippen molar-refractivity contribution in [2.75, 3.05) is 13.2 Å². The van der Waals surface area contributed by atoms with E-state index in [0.29, 0.717) is 17.4 Å². The van der Waals surface area contributed by atoms with Gasteiger partial charge in [0.15, 0.2) is 6.61 Å². The van der Waals surface area contributed by atoms with Crippen LogP contribution in [0.2, 0.25) is 5.02 Å². The molecule has 1 atom stereocenters. The third-order valence-electron chi connectivity index (χ3n) is 3.25. The van der Waals surface area contributed by atoms with Gasteiger partial charge in [-0.15, -0.1) is 0 Å². The van der Waals surface area contributed by atoms with Gasteiger partial charge in [0.1, 0.15) is 11.5 Å². The molecule has 0 radical (unpaired) electrons. The fourth-order valence-corrected chi connectivity index (χ4v) is 2.43. The van der Waals surface area contributed by atoms with Crippen molar-refractivity contribution in [1.82, 2.24) is 5.32 Å². The zero-order valence-electron chi connectivity index (χ0n) is 13.2. The Labute approximate surface area is 141 Å². The van der Waals surface area contributed by atoms with E-state index in [4.69, 9.17) is 21.1 Å². The van der Waals surface area contributed by atoms with Crippen molar-refractivity contribution in [2.45, 2.75) is 19.9 Å². The lowest BCUT2D eigenvalue weighted by Crippen LogP contribution is -2.31. The highest BCUT2D eigenvalue weighted by atomic mass is 35.5. The number of halogens is 1. The van der Waals surface area contributed by atoms with Crippen molar-refractivity contribution in [2.24, 2.45) is 0 Å². The first-order valence-electron chi connectivity index (χ1n) is 7.49. The minimum atomic E-state index is -0.202. The molecule has 0 fully saturated rings. The Morgan fingerprint density at radius 3 is 2.30 bits per heavy atom. The number of amides is 1. The summed E-state index contributed by atoms with van der Waals surface area (Å²) < 4.78 is 10.8. The number of rotatable bonds is 7. The van der Waals surface area contributed by atoms with E-state index in [1.54, 1.807) is 18.2 Å². The van der Waals surface area contributed by atoms with E-state index >= 15 is 0 Å². The average molecular weight is 334 g/mol. The van der Waals surface area contributed by atoms with Crippen molar-refractivity contribution in [1.29, 1.82) is 0 Å². The molecule has 0 saturated carbocycles. The molecule has 2 rings (SSSR count). The number of carbonyl (C=O) groups excluding carboxylic acids is 1. The molecule has 0 aliphatic carbocycles. The fraction of sp³-hybridized carbons (Fsp3) is 0.278. The molecule has 0 aliphatic heterocycles. The normalized spacial score (nSPS) is 11.6. The molecule has 5 heteroatoms. The van der Waals surface area contributed by atoms with Crippen LogP contribution in [0.1, 0.15) is 25.5 Å². The summed E-state index contributed by atoms with van der Waals surface area (Å²) in [5.74, 6) is 1.19. The molecule has 122 valence electrons. The largest absolute Gasteiger partial charge is 0.494 e. The van der Waals surface area contributed by atoms with Crippen LogP contribution in [0.5, 0.6) is 11.5 Å². The number of carbonyl (C=O) groups is 1. The highest BCUT2D eigenvalue weighted by Gasteiger charge is 2.12. The van der Waals surface area contributed by atoms with E-state index in [1.165, 1.54) is 0 Å². The molecule has 4 nitrogen and oxygen atoms in total. The minimum absolute atomic E-state index is 0.0528. The summed E-state index contributed by atoms with van der Waals surface area (Å²) in [7, 11) is 0. The van der Waals surface area contributed by atoms with Gasteiger partial charge in [-0.3, -0.25) is 4.79 Å². The van der Waals surface area contributed by atoms with Crippen molar-refractivity contribution >= 4 is 17.5 Å². The van der Waals surface area contributed by atoms with Crippen LogP contribution in [-0.4, -0.2) is 19.1 Å². The maximum Gasteiger partial charge on any atom is 0.258 e. The second-order valence-corrected chi connectivity index (χ2v) is 5.41. The van der Waals surface area contributed by atoms with E-state index in [9.17, 15) is 4.79 Å². The van der Waals surface area contributed by atoms with Crippen LogP contribution in [0, 0.1) is 0 Å². The average Bonchev–Trinajstić information content (AvgIpc) is 2.55. The van der Waals surface area contributed by atoms with E-state index in [1.807, 2.05) is 44.2 Å². The molecule has 1 amide bonds. The molecule has 2 aromatic carbocycles. The zero-order chi connectivity index (χ0) is 16.7. The van der Waals surface area contributed by atoms with Crippen LogP contribution in [0.3, 0.4) is 0 Å². The molecular weight excluding hydrogens is 314 g/mol. The first-order chi connectivity index (χ1) is 11.1. The summed E-state index contributed by atoms with van der Waals surface area (Å²) >= 11 is 6.12. The topological polar surface area (TPSA) is 47.6 Å². The van der Waals surface area contributed by atoms with Gasteiger partial charge in [-0.25, -0.2) is 0 Å². The molecule has 1 unspecified atom stereocenters. The summed E-state index contributed by atoms with van der Waals surface area (Å²) in [4.78, 5) is 12.0. The molecule has 0 aromatic heterocycles. The van der Waals surface area contributed by atoms with Gasteiger partial charge >= 0.3 is 0 Å². The first-order valence-corrected chi connectivity index (χ1v) is 7.87. The van der Waals surface area contributed by atoms with E-state index < -0.39 is 0 Å². The SMILES string of the molecule is CCOc1ccc(OCC(=O)NC(C)c2ccccc2Cl)cc1. The third-order valence-corrected chi connectivity index (χ3v) is 3.60. The maximum atomic E-state index is 12.0. The van der Waals surface area contributed by atoms with E-state index in [-0.39, 0.29) is 18.6 Å². The molecule has 23 heavy (non-hydrogen) atoms. The van der Waals surface area contributed by atoms with Gasteiger partial charge in [0.05, 0.1) is 12.6 Å². The van der Waals surface area contributed by atoms with Gasteiger partial charge < -0.3 is 14.8 Å². The Balaban J connectivity index is 1.84. The Morgan fingerprint density at radius 2 is 1.70 bits per heavy atom. The van der Waals surface area contributed by atoms with Gasteiger partial charge in [0.2, 0.25) is 0 Å². The van der Waals surface area contributed by atoms with E-state index in [0.717, 1.165) is 11.3 Å². The smallest absolute Gasteiger partial charge is 0.258 e. The molecule has 0 bridgehead atoms. The summed E-state index contributed by atoms with van der Waals surface area (Å²) in [6.07, 6.45) is 0. The highest BCUT2D eigenvalue weighted by molar-refractivity contribution is 6.31. The number of hydrogen-bond donors (Lipinski definition) is 1. The van der Waals surface area contributed by atoms with E-state index in [2.05, 4.69) is 5.32 Å².